The van der Waals surface area contributed by atoms with Crippen LogP contribution in [0.1, 0.15) is 71.9 Å². The number of hydrogen-bond donors (Lipinski definition) is 0. The van der Waals surface area contributed by atoms with Gasteiger partial charge in [-0.15, -0.1) is 0 Å². The summed E-state index contributed by atoms with van der Waals surface area (Å²) in [4.78, 5) is 0. The van der Waals surface area contributed by atoms with Crippen molar-refractivity contribution in [2.24, 2.45) is 0 Å². The first kappa shape index (κ1) is 26.5. The van der Waals surface area contributed by atoms with Crippen molar-refractivity contribution in [2.75, 3.05) is 52.9 Å². The van der Waals surface area contributed by atoms with E-state index < -0.39 is 0 Å². The number of benzene rings is 2. The largest absolute Gasteiger partial charge is 0.491 e. The molecule has 2 aromatic rings. The third-order valence-electron chi connectivity index (χ3n) is 7.76. The smallest absolute Gasteiger partial charge is 0.125 e. The van der Waals surface area contributed by atoms with Crippen molar-refractivity contribution in [3.05, 3.63) is 57.6 Å². The molecule has 7 rings (SSSR count). The molecule has 0 saturated heterocycles. The highest BCUT2D eigenvalue weighted by Gasteiger charge is 2.18. The van der Waals surface area contributed by atoms with Gasteiger partial charge in [-0.1, -0.05) is 24.3 Å². The summed E-state index contributed by atoms with van der Waals surface area (Å²) in [5, 5.41) is 0. The first-order chi connectivity index (χ1) is 18.4. The zero-order chi connectivity index (χ0) is 25.1. The van der Waals surface area contributed by atoms with Crippen molar-refractivity contribution in [3.8, 4) is 11.5 Å². The van der Waals surface area contributed by atoms with Crippen LogP contribution in [0.25, 0.3) is 0 Å². The lowest BCUT2D eigenvalue weighted by Crippen LogP contribution is -2.15. The predicted molar refractivity (Wildman–Crippen MR) is 146 cm³/mol. The Morgan fingerprint density at radius 3 is 1.00 bits per heavy atom. The van der Waals surface area contributed by atoms with Gasteiger partial charge >= 0.3 is 0 Å². The molecule has 3 aliphatic carbocycles. The summed E-state index contributed by atoms with van der Waals surface area (Å²) in [6.07, 6.45) is 13.5. The molecule has 8 bridgehead atoms. The fraction of sp³-hybridized carbons (Fsp3) is 0.625. The summed E-state index contributed by atoms with van der Waals surface area (Å²) in [7, 11) is 0. The van der Waals surface area contributed by atoms with Gasteiger partial charge in [0.15, 0.2) is 0 Å². The molecular weight excluding hydrogens is 464 g/mol. The molecule has 5 aliphatic rings. The molecule has 0 amide bonds. The Hall–Kier alpha value is -2.08. The van der Waals surface area contributed by atoms with Crippen molar-refractivity contribution in [2.45, 2.75) is 77.0 Å². The molecule has 2 aliphatic heterocycles. The van der Waals surface area contributed by atoms with Gasteiger partial charge in [0.05, 0.1) is 39.6 Å². The molecule has 2 aromatic carbocycles. The van der Waals surface area contributed by atoms with E-state index in [2.05, 4.69) is 24.3 Å². The van der Waals surface area contributed by atoms with Crippen LogP contribution in [0.5, 0.6) is 11.5 Å². The molecule has 0 N–H and O–H groups in total. The first-order valence-corrected chi connectivity index (χ1v) is 14.6. The van der Waals surface area contributed by atoms with Crippen LogP contribution in [-0.4, -0.2) is 52.9 Å². The molecule has 0 atom stereocenters. The molecule has 5 heteroatoms. The summed E-state index contributed by atoms with van der Waals surface area (Å²) in [5.41, 5.74) is 8.52. The first-order valence-electron chi connectivity index (χ1n) is 14.6. The number of rotatable bonds is 0. The van der Waals surface area contributed by atoms with Crippen LogP contribution < -0.4 is 9.47 Å². The molecule has 0 fully saturated rings. The van der Waals surface area contributed by atoms with Crippen molar-refractivity contribution in [1.82, 2.24) is 0 Å². The zero-order valence-corrected chi connectivity index (χ0v) is 22.5. The highest BCUT2D eigenvalue weighted by atomic mass is 16.6. The van der Waals surface area contributed by atoms with E-state index in [0.717, 1.165) is 75.7 Å². The van der Waals surface area contributed by atoms with E-state index in [9.17, 15) is 0 Å². The Bertz CT molecular complexity index is 867. The third kappa shape index (κ3) is 7.72. The van der Waals surface area contributed by atoms with Crippen molar-refractivity contribution in [3.63, 3.8) is 0 Å². The molecule has 0 radical (unpaired) electrons. The minimum Gasteiger partial charge on any atom is -0.491 e. The van der Waals surface area contributed by atoms with Gasteiger partial charge in [-0.3, -0.25) is 0 Å². The van der Waals surface area contributed by atoms with Gasteiger partial charge in [-0.05, 0) is 110 Å². The lowest BCUT2D eigenvalue weighted by Gasteiger charge is -2.21. The SMILES string of the molecule is c1c2cc3c4c1CCCCc1cc(cc(c1OCCOCCOCCOCCO4)CCCC3)CCCC2. The minimum absolute atomic E-state index is 0.574. The highest BCUT2D eigenvalue weighted by molar-refractivity contribution is 5.47. The Balaban J connectivity index is 1.49. The van der Waals surface area contributed by atoms with Gasteiger partial charge in [-0.2, -0.15) is 0 Å². The second kappa shape index (κ2) is 14.2. The highest BCUT2D eigenvalue weighted by Crippen LogP contribution is 2.34. The summed E-state index contributed by atoms with van der Waals surface area (Å²) >= 11 is 0. The van der Waals surface area contributed by atoms with E-state index >= 15 is 0 Å². The van der Waals surface area contributed by atoms with Crippen LogP contribution in [0.2, 0.25) is 0 Å². The van der Waals surface area contributed by atoms with Crippen LogP contribution in [-0.2, 0) is 52.7 Å². The molecule has 37 heavy (non-hydrogen) atoms. The number of ether oxygens (including phenoxy) is 5. The molecule has 0 saturated carbocycles. The second-order valence-corrected chi connectivity index (χ2v) is 10.6. The molecule has 5 nitrogen and oxygen atoms in total. The quantitative estimate of drug-likeness (QED) is 0.419. The van der Waals surface area contributed by atoms with Gasteiger partial charge in [0.25, 0.3) is 0 Å². The Morgan fingerprint density at radius 1 is 0.351 bits per heavy atom. The van der Waals surface area contributed by atoms with E-state index in [1.165, 1.54) is 46.2 Å². The Kier molecular flexibility index (Phi) is 10.2. The van der Waals surface area contributed by atoms with Gasteiger partial charge in [0.2, 0.25) is 0 Å². The van der Waals surface area contributed by atoms with Crippen LogP contribution in [0.4, 0.5) is 0 Å². The standard InChI is InChI=1S/C32H44O5/c1-2-8-26-23-29-11-5-3-9-27-21-25(7-1)22-28-10-4-6-12-30(24-26)32(29)37-20-18-35-16-14-33-13-15-34-17-19-36-31(27)28/h21-24H,1-20H2. The number of aryl methyl sites for hydroxylation is 6. The van der Waals surface area contributed by atoms with E-state index in [1.807, 2.05) is 0 Å². The minimum atomic E-state index is 0.574. The third-order valence-corrected chi connectivity index (χ3v) is 7.76. The van der Waals surface area contributed by atoms with Gasteiger partial charge in [-0.25, -0.2) is 0 Å². The summed E-state index contributed by atoms with van der Waals surface area (Å²) in [5.74, 6) is 2.25. The predicted octanol–water partition coefficient (Wildman–Crippen LogP) is 5.83. The maximum Gasteiger partial charge on any atom is 0.125 e. The summed E-state index contributed by atoms with van der Waals surface area (Å²) < 4.78 is 30.2. The van der Waals surface area contributed by atoms with E-state index in [1.54, 1.807) is 0 Å². The molecule has 0 spiro atoms. The van der Waals surface area contributed by atoms with Gasteiger partial charge in [0.1, 0.15) is 24.7 Å². The lowest BCUT2D eigenvalue weighted by molar-refractivity contribution is 0.00485. The van der Waals surface area contributed by atoms with Crippen LogP contribution in [0, 0.1) is 0 Å². The van der Waals surface area contributed by atoms with Crippen molar-refractivity contribution >= 4 is 0 Å². The zero-order valence-electron chi connectivity index (χ0n) is 22.5. The van der Waals surface area contributed by atoms with E-state index in [4.69, 9.17) is 23.7 Å². The van der Waals surface area contributed by atoms with E-state index in [-0.39, 0.29) is 0 Å². The van der Waals surface area contributed by atoms with Crippen molar-refractivity contribution < 1.29 is 23.7 Å². The Labute approximate surface area is 222 Å². The molecule has 0 aromatic heterocycles. The summed E-state index contributed by atoms with van der Waals surface area (Å²) in [6, 6.07) is 9.75. The Morgan fingerprint density at radius 2 is 0.649 bits per heavy atom. The summed E-state index contributed by atoms with van der Waals surface area (Å²) in [6.45, 7) is 4.62. The molecule has 202 valence electrons. The van der Waals surface area contributed by atoms with Gasteiger partial charge < -0.3 is 23.7 Å². The monoisotopic (exact) mass is 508 g/mol. The van der Waals surface area contributed by atoms with Crippen LogP contribution >= 0.6 is 0 Å². The normalized spacial score (nSPS) is 20.5. The average molecular weight is 509 g/mol. The fourth-order valence-electron chi connectivity index (χ4n) is 5.92. The van der Waals surface area contributed by atoms with Crippen LogP contribution in [0.3, 0.4) is 0 Å². The molecule has 2 heterocycles. The van der Waals surface area contributed by atoms with Gasteiger partial charge in [0, 0.05) is 0 Å². The fourth-order valence-corrected chi connectivity index (χ4v) is 5.92. The molecular formula is C32H44O5. The topological polar surface area (TPSA) is 46.2 Å². The maximum absolute atomic E-state index is 6.46. The average Bonchev–Trinajstić information content (AvgIpc) is 2.90. The lowest BCUT2D eigenvalue weighted by atomic mass is 9.89. The maximum atomic E-state index is 6.46. The van der Waals surface area contributed by atoms with Crippen LogP contribution in [0.15, 0.2) is 24.3 Å². The number of hydrogen-bond acceptors (Lipinski definition) is 5. The van der Waals surface area contributed by atoms with Crippen molar-refractivity contribution in [1.29, 1.82) is 0 Å². The molecule has 0 unspecified atom stereocenters. The second-order valence-electron chi connectivity index (χ2n) is 10.6. The number of fused-ring (bicyclic) bond motifs is 15. The van der Waals surface area contributed by atoms with E-state index in [0.29, 0.717) is 52.9 Å².